The number of hydrogen-bond acceptors (Lipinski definition) is 4. The van der Waals surface area contributed by atoms with Gasteiger partial charge in [0, 0.05) is 27.8 Å². The molecule has 6 heteroatoms. The summed E-state index contributed by atoms with van der Waals surface area (Å²) in [4.78, 5) is 14.5. The van der Waals surface area contributed by atoms with Crippen LogP contribution in [0.2, 0.25) is 0 Å². The molecule has 0 radical (unpaired) electrons. The second-order valence-electron chi connectivity index (χ2n) is 5.74. The van der Waals surface area contributed by atoms with E-state index in [-0.39, 0.29) is 23.1 Å². The van der Waals surface area contributed by atoms with Crippen molar-refractivity contribution in [1.82, 2.24) is 4.72 Å². The van der Waals surface area contributed by atoms with Gasteiger partial charge in [-0.2, -0.15) is 0 Å². The topological polar surface area (TPSA) is 63.2 Å². The molecule has 0 atom stereocenters. The molecule has 2 aromatic rings. The van der Waals surface area contributed by atoms with E-state index in [1.807, 2.05) is 24.3 Å². The minimum atomic E-state index is -3.56. The quantitative estimate of drug-likeness (QED) is 0.926. The molecule has 2 aromatic carbocycles. The van der Waals surface area contributed by atoms with E-state index in [0.29, 0.717) is 5.56 Å². The number of carbonyl (C=O) groups excluding carboxylic acids is 1. The van der Waals surface area contributed by atoms with E-state index >= 15 is 0 Å². The molecule has 0 saturated heterocycles. The van der Waals surface area contributed by atoms with Crippen molar-refractivity contribution in [2.45, 2.75) is 41.0 Å². The van der Waals surface area contributed by atoms with Gasteiger partial charge in [-0.05, 0) is 43.7 Å². The van der Waals surface area contributed by atoms with Crippen LogP contribution in [0.15, 0.2) is 57.2 Å². The maximum Gasteiger partial charge on any atom is 0.240 e. The molecule has 0 aromatic heterocycles. The van der Waals surface area contributed by atoms with Crippen LogP contribution in [0.1, 0.15) is 29.8 Å². The number of hydrogen-bond donors (Lipinski definition) is 1. The van der Waals surface area contributed by atoms with Crippen LogP contribution in [0, 0.1) is 0 Å². The highest BCUT2D eigenvalue weighted by atomic mass is 32.2. The van der Waals surface area contributed by atoms with Crippen LogP contribution >= 0.6 is 11.8 Å². The molecule has 120 valence electrons. The number of sulfonamides is 1. The Kier molecular flexibility index (Phi) is 4.31. The molecular weight excluding hydrogens is 330 g/mol. The van der Waals surface area contributed by atoms with E-state index in [4.69, 9.17) is 0 Å². The highest BCUT2D eigenvalue weighted by Crippen LogP contribution is 2.37. The van der Waals surface area contributed by atoms with Gasteiger partial charge in [-0.3, -0.25) is 4.79 Å². The van der Waals surface area contributed by atoms with Crippen LogP contribution in [0.5, 0.6) is 0 Å². The Balaban J connectivity index is 2.03. The molecule has 0 unspecified atom stereocenters. The van der Waals surface area contributed by atoms with Crippen molar-refractivity contribution in [3.05, 3.63) is 53.6 Å². The van der Waals surface area contributed by atoms with Crippen molar-refractivity contribution in [2.24, 2.45) is 0 Å². The predicted octanol–water partition coefficient (Wildman–Crippen LogP) is 3.26. The molecule has 0 amide bonds. The maximum absolute atomic E-state index is 12.4. The maximum atomic E-state index is 12.4. The minimum absolute atomic E-state index is 0.0122. The molecule has 1 aliphatic rings. The second-order valence-corrected chi connectivity index (χ2v) is 8.54. The van der Waals surface area contributed by atoms with E-state index in [1.54, 1.807) is 32.0 Å². The Morgan fingerprint density at radius 1 is 1.09 bits per heavy atom. The number of nitrogens with one attached hydrogen (secondary N) is 1. The van der Waals surface area contributed by atoms with Gasteiger partial charge in [-0.1, -0.05) is 30.0 Å². The normalized spacial score (nSPS) is 14.3. The number of Topliss-reactive ketones (excluding diaryl/α,β-unsaturated/α-hetero) is 1. The molecule has 0 spiro atoms. The van der Waals surface area contributed by atoms with Gasteiger partial charge < -0.3 is 0 Å². The Labute approximate surface area is 140 Å². The minimum Gasteiger partial charge on any atom is -0.294 e. The van der Waals surface area contributed by atoms with Crippen LogP contribution in [0.4, 0.5) is 0 Å². The lowest BCUT2D eigenvalue weighted by Gasteiger charge is -2.12. The fourth-order valence-corrected chi connectivity index (χ4v) is 4.89. The smallest absolute Gasteiger partial charge is 0.240 e. The van der Waals surface area contributed by atoms with E-state index in [9.17, 15) is 13.2 Å². The lowest BCUT2D eigenvalue weighted by Crippen LogP contribution is -2.30. The standard InChI is InChI=1S/C17H17NO3S2/c1-11(2)18-23(20,21)13-7-8-16-12(9-13)10-15(19)14-5-3-4-6-17(14)22-16/h3-9,11,18H,10H2,1-2H3. The molecule has 0 bridgehead atoms. The zero-order valence-electron chi connectivity index (χ0n) is 12.9. The lowest BCUT2D eigenvalue weighted by atomic mass is 10.0. The van der Waals surface area contributed by atoms with Gasteiger partial charge in [0.1, 0.15) is 0 Å². The molecule has 1 heterocycles. The number of fused-ring (bicyclic) bond motifs is 2. The summed E-state index contributed by atoms with van der Waals surface area (Å²) in [5.41, 5.74) is 1.45. The summed E-state index contributed by atoms with van der Waals surface area (Å²) in [6, 6.07) is 12.3. The van der Waals surface area contributed by atoms with Gasteiger partial charge in [0.05, 0.1) is 4.90 Å². The molecule has 0 fully saturated rings. The third-order valence-corrected chi connectivity index (χ3v) is 6.34. The van der Waals surface area contributed by atoms with Crippen molar-refractivity contribution in [2.75, 3.05) is 0 Å². The summed E-state index contributed by atoms with van der Waals surface area (Å²) in [7, 11) is -3.56. The highest BCUT2D eigenvalue weighted by molar-refractivity contribution is 7.99. The Bertz CT molecular complexity index is 873. The number of carbonyl (C=O) groups is 1. The van der Waals surface area contributed by atoms with Gasteiger partial charge in [-0.25, -0.2) is 13.1 Å². The number of ketones is 1. The van der Waals surface area contributed by atoms with Gasteiger partial charge >= 0.3 is 0 Å². The first-order valence-corrected chi connectivity index (χ1v) is 9.62. The first-order valence-electron chi connectivity index (χ1n) is 7.32. The van der Waals surface area contributed by atoms with Gasteiger partial charge in [0.15, 0.2) is 5.78 Å². The van der Waals surface area contributed by atoms with E-state index in [0.717, 1.165) is 15.4 Å². The first-order chi connectivity index (χ1) is 10.9. The van der Waals surface area contributed by atoms with Gasteiger partial charge in [-0.15, -0.1) is 0 Å². The zero-order valence-corrected chi connectivity index (χ0v) is 14.5. The number of rotatable bonds is 3. The van der Waals surface area contributed by atoms with Crippen LogP contribution in [0.25, 0.3) is 0 Å². The lowest BCUT2D eigenvalue weighted by molar-refractivity contribution is 0.0990. The monoisotopic (exact) mass is 347 g/mol. The van der Waals surface area contributed by atoms with Gasteiger partial charge in [0.25, 0.3) is 0 Å². The Morgan fingerprint density at radius 2 is 1.83 bits per heavy atom. The SMILES string of the molecule is CC(C)NS(=O)(=O)c1ccc2c(c1)CC(=O)c1ccccc1S2. The Morgan fingerprint density at radius 3 is 2.57 bits per heavy atom. The average molecular weight is 347 g/mol. The summed E-state index contributed by atoms with van der Waals surface area (Å²) in [5.74, 6) is 0.0122. The molecule has 1 N–H and O–H groups in total. The average Bonchev–Trinajstić information content (AvgIpc) is 2.61. The molecular formula is C17H17NO3S2. The summed E-state index contributed by atoms with van der Waals surface area (Å²) in [6.45, 7) is 3.55. The van der Waals surface area contributed by atoms with E-state index in [1.165, 1.54) is 11.8 Å². The third kappa shape index (κ3) is 3.34. The van der Waals surface area contributed by atoms with Gasteiger partial charge in [0.2, 0.25) is 10.0 Å². The van der Waals surface area contributed by atoms with Crippen LogP contribution < -0.4 is 4.72 Å². The summed E-state index contributed by atoms with van der Waals surface area (Å²) < 4.78 is 27.2. The molecule has 3 rings (SSSR count). The zero-order chi connectivity index (χ0) is 16.6. The fraction of sp³-hybridized carbons (Fsp3) is 0.235. The predicted molar refractivity (Wildman–Crippen MR) is 90.5 cm³/mol. The van der Waals surface area contributed by atoms with Crippen LogP contribution in [-0.2, 0) is 16.4 Å². The molecule has 1 aliphatic heterocycles. The van der Waals surface area contributed by atoms with E-state index in [2.05, 4.69) is 4.72 Å². The summed E-state index contributed by atoms with van der Waals surface area (Å²) >= 11 is 1.50. The molecule has 0 saturated carbocycles. The second kappa shape index (κ2) is 6.11. The van der Waals surface area contributed by atoms with Crippen molar-refractivity contribution >= 4 is 27.6 Å². The summed E-state index contributed by atoms with van der Waals surface area (Å²) in [5, 5.41) is 0. The van der Waals surface area contributed by atoms with Crippen molar-refractivity contribution in [3.8, 4) is 0 Å². The third-order valence-electron chi connectivity index (χ3n) is 3.49. The highest BCUT2D eigenvalue weighted by Gasteiger charge is 2.23. The molecule has 4 nitrogen and oxygen atoms in total. The Hall–Kier alpha value is -1.63. The summed E-state index contributed by atoms with van der Waals surface area (Å²) in [6.07, 6.45) is 0.213. The molecule has 0 aliphatic carbocycles. The van der Waals surface area contributed by atoms with Crippen molar-refractivity contribution in [3.63, 3.8) is 0 Å². The fourth-order valence-electron chi connectivity index (χ4n) is 2.51. The largest absolute Gasteiger partial charge is 0.294 e. The van der Waals surface area contributed by atoms with Crippen molar-refractivity contribution in [1.29, 1.82) is 0 Å². The number of benzene rings is 2. The van der Waals surface area contributed by atoms with Crippen LogP contribution in [0.3, 0.4) is 0 Å². The first kappa shape index (κ1) is 16.2. The van der Waals surface area contributed by atoms with Crippen molar-refractivity contribution < 1.29 is 13.2 Å². The van der Waals surface area contributed by atoms with E-state index < -0.39 is 10.0 Å². The molecule has 23 heavy (non-hydrogen) atoms. The van der Waals surface area contributed by atoms with Crippen LogP contribution in [-0.4, -0.2) is 20.2 Å².